The van der Waals surface area contributed by atoms with Gasteiger partial charge in [0.25, 0.3) is 11.8 Å². The third-order valence-corrected chi connectivity index (χ3v) is 4.36. The zero-order chi connectivity index (χ0) is 15.7. The molecule has 1 unspecified atom stereocenters. The van der Waals surface area contributed by atoms with Crippen molar-refractivity contribution in [2.24, 2.45) is 0 Å². The lowest BCUT2D eigenvalue weighted by atomic mass is 10.0. The summed E-state index contributed by atoms with van der Waals surface area (Å²) < 4.78 is 0. The average Bonchev–Trinajstić information content (AvgIpc) is 2.63. The van der Waals surface area contributed by atoms with Crippen LogP contribution < -0.4 is 4.90 Å². The quantitative estimate of drug-likeness (QED) is 0.842. The molecule has 3 amide bonds. The average molecular weight is 300 g/mol. The highest BCUT2D eigenvalue weighted by Crippen LogP contribution is 2.32. The number of fused-ring (bicyclic) bond motifs is 2. The van der Waals surface area contributed by atoms with Crippen molar-refractivity contribution < 1.29 is 14.4 Å². The second kappa shape index (κ2) is 5.91. The van der Waals surface area contributed by atoms with Crippen LogP contribution in [0.4, 0.5) is 5.69 Å². The SMILES string of the molecule is CCCC(=O)N1C(=O)C2CCCCN2C(=O)c2ccccc21. The van der Waals surface area contributed by atoms with E-state index in [1.54, 1.807) is 29.2 Å². The molecule has 0 saturated carbocycles. The van der Waals surface area contributed by atoms with Crippen LogP contribution in [0.1, 0.15) is 49.4 Å². The Bertz CT molecular complexity index is 626. The molecule has 22 heavy (non-hydrogen) atoms. The van der Waals surface area contributed by atoms with Crippen LogP contribution in [0.3, 0.4) is 0 Å². The molecule has 3 rings (SSSR count). The Kier molecular flexibility index (Phi) is 3.96. The van der Waals surface area contributed by atoms with E-state index >= 15 is 0 Å². The lowest BCUT2D eigenvalue weighted by Gasteiger charge is -2.34. The number of amides is 3. The van der Waals surface area contributed by atoms with Crippen LogP contribution in [0.25, 0.3) is 0 Å². The molecule has 1 saturated heterocycles. The van der Waals surface area contributed by atoms with Crippen LogP contribution in [0.2, 0.25) is 0 Å². The van der Waals surface area contributed by atoms with Gasteiger partial charge in [0.15, 0.2) is 0 Å². The molecule has 2 aliphatic heterocycles. The summed E-state index contributed by atoms with van der Waals surface area (Å²) in [7, 11) is 0. The van der Waals surface area contributed by atoms with E-state index in [9.17, 15) is 14.4 Å². The molecule has 0 bridgehead atoms. The number of nitrogens with zero attached hydrogens (tertiary/aromatic N) is 2. The molecular weight excluding hydrogens is 280 g/mol. The zero-order valence-corrected chi connectivity index (χ0v) is 12.7. The van der Waals surface area contributed by atoms with Crippen molar-refractivity contribution >= 4 is 23.4 Å². The first kappa shape index (κ1) is 14.8. The second-order valence-corrected chi connectivity index (χ2v) is 5.84. The highest BCUT2D eigenvalue weighted by atomic mass is 16.2. The van der Waals surface area contributed by atoms with Crippen molar-refractivity contribution in [3.05, 3.63) is 29.8 Å². The normalized spacial score (nSPS) is 21.2. The number of hydrogen-bond acceptors (Lipinski definition) is 3. The standard InChI is InChI=1S/C17H20N2O3/c1-2-7-15(20)19-13-9-4-3-8-12(13)16(21)18-11-6-5-10-14(18)17(19)22/h3-4,8-9,14H,2,5-7,10-11H2,1H3. The molecule has 0 spiro atoms. The van der Waals surface area contributed by atoms with Crippen LogP contribution in [-0.2, 0) is 9.59 Å². The molecule has 5 nitrogen and oxygen atoms in total. The van der Waals surface area contributed by atoms with Crippen LogP contribution in [0.15, 0.2) is 24.3 Å². The number of carbonyl (C=O) groups is 3. The molecular formula is C17H20N2O3. The fourth-order valence-electron chi connectivity index (χ4n) is 3.29. The molecule has 0 radical (unpaired) electrons. The van der Waals surface area contributed by atoms with E-state index in [2.05, 4.69) is 0 Å². The number of rotatable bonds is 2. The first-order valence-electron chi connectivity index (χ1n) is 7.92. The van der Waals surface area contributed by atoms with Gasteiger partial charge < -0.3 is 4.90 Å². The van der Waals surface area contributed by atoms with Gasteiger partial charge in [0, 0.05) is 13.0 Å². The van der Waals surface area contributed by atoms with Gasteiger partial charge in [0.05, 0.1) is 11.3 Å². The van der Waals surface area contributed by atoms with Gasteiger partial charge in [0.2, 0.25) is 5.91 Å². The molecule has 0 N–H and O–H groups in total. The lowest BCUT2D eigenvalue weighted by Crippen LogP contribution is -2.52. The first-order chi connectivity index (χ1) is 10.6. The molecule has 0 aromatic heterocycles. The van der Waals surface area contributed by atoms with Crippen LogP contribution in [0, 0.1) is 0 Å². The molecule has 1 atom stereocenters. The Balaban J connectivity index is 2.12. The highest BCUT2D eigenvalue weighted by molar-refractivity contribution is 6.22. The number of carbonyl (C=O) groups excluding carboxylic acids is 3. The largest absolute Gasteiger partial charge is 0.327 e. The Labute approximate surface area is 129 Å². The minimum atomic E-state index is -0.505. The number of imide groups is 1. The maximum atomic E-state index is 12.9. The fraction of sp³-hybridized carbons (Fsp3) is 0.471. The Morgan fingerprint density at radius 3 is 2.77 bits per heavy atom. The van der Waals surface area contributed by atoms with Gasteiger partial charge in [-0.3, -0.25) is 14.4 Å². The van der Waals surface area contributed by atoms with Gasteiger partial charge in [-0.1, -0.05) is 19.1 Å². The van der Waals surface area contributed by atoms with Gasteiger partial charge >= 0.3 is 0 Å². The van der Waals surface area contributed by atoms with E-state index in [1.165, 1.54) is 4.90 Å². The summed E-state index contributed by atoms with van der Waals surface area (Å²) in [5.41, 5.74) is 0.884. The fourth-order valence-corrected chi connectivity index (χ4v) is 3.29. The number of anilines is 1. The van der Waals surface area contributed by atoms with Crippen molar-refractivity contribution in [3.63, 3.8) is 0 Å². The van der Waals surface area contributed by atoms with Gasteiger partial charge in [-0.25, -0.2) is 4.90 Å². The second-order valence-electron chi connectivity index (χ2n) is 5.84. The highest BCUT2D eigenvalue weighted by Gasteiger charge is 2.42. The van der Waals surface area contributed by atoms with E-state index in [-0.39, 0.29) is 17.7 Å². The maximum absolute atomic E-state index is 12.9. The minimum Gasteiger partial charge on any atom is -0.327 e. The van der Waals surface area contributed by atoms with Gasteiger partial charge in [0.1, 0.15) is 6.04 Å². The van der Waals surface area contributed by atoms with Gasteiger partial charge in [-0.15, -0.1) is 0 Å². The smallest absolute Gasteiger partial charge is 0.256 e. The molecule has 2 heterocycles. The third kappa shape index (κ3) is 2.30. The Morgan fingerprint density at radius 2 is 2.00 bits per heavy atom. The molecule has 116 valence electrons. The number of para-hydroxylation sites is 1. The Hall–Kier alpha value is -2.17. The Morgan fingerprint density at radius 1 is 1.23 bits per heavy atom. The summed E-state index contributed by atoms with van der Waals surface area (Å²) in [6.07, 6.45) is 3.43. The third-order valence-electron chi connectivity index (χ3n) is 4.36. The monoisotopic (exact) mass is 300 g/mol. The summed E-state index contributed by atoms with van der Waals surface area (Å²) in [4.78, 5) is 41.1. The zero-order valence-electron chi connectivity index (χ0n) is 12.7. The van der Waals surface area contributed by atoms with Crippen molar-refractivity contribution in [2.45, 2.75) is 45.1 Å². The molecule has 2 aliphatic rings. The van der Waals surface area contributed by atoms with E-state index in [0.29, 0.717) is 37.1 Å². The number of benzene rings is 1. The van der Waals surface area contributed by atoms with Crippen molar-refractivity contribution in [1.82, 2.24) is 4.90 Å². The number of piperidine rings is 1. The van der Waals surface area contributed by atoms with E-state index in [1.807, 2.05) is 6.92 Å². The summed E-state index contributed by atoms with van der Waals surface area (Å²) in [6.45, 7) is 2.49. The van der Waals surface area contributed by atoms with E-state index in [0.717, 1.165) is 12.8 Å². The molecule has 1 aromatic carbocycles. The summed E-state index contributed by atoms with van der Waals surface area (Å²) in [5, 5.41) is 0. The maximum Gasteiger partial charge on any atom is 0.256 e. The van der Waals surface area contributed by atoms with Crippen molar-refractivity contribution in [3.8, 4) is 0 Å². The predicted octanol–water partition coefficient (Wildman–Crippen LogP) is 2.35. The molecule has 0 aliphatic carbocycles. The van der Waals surface area contributed by atoms with Crippen molar-refractivity contribution in [1.29, 1.82) is 0 Å². The van der Waals surface area contributed by atoms with Crippen LogP contribution in [-0.4, -0.2) is 35.2 Å². The lowest BCUT2D eigenvalue weighted by molar-refractivity contribution is -0.129. The van der Waals surface area contributed by atoms with Gasteiger partial charge in [-0.2, -0.15) is 0 Å². The topological polar surface area (TPSA) is 57.7 Å². The molecule has 1 aromatic rings. The minimum absolute atomic E-state index is 0.138. The first-order valence-corrected chi connectivity index (χ1v) is 7.92. The van der Waals surface area contributed by atoms with E-state index < -0.39 is 6.04 Å². The summed E-state index contributed by atoms with van der Waals surface area (Å²) in [5.74, 6) is -0.614. The molecule has 5 heteroatoms. The molecule has 1 fully saturated rings. The van der Waals surface area contributed by atoms with Crippen LogP contribution >= 0.6 is 0 Å². The predicted molar refractivity (Wildman–Crippen MR) is 82.5 cm³/mol. The van der Waals surface area contributed by atoms with E-state index in [4.69, 9.17) is 0 Å². The van der Waals surface area contributed by atoms with Crippen LogP contribution in [0.5, 0.6) is 0 Å². The summed E-state index contributed by atoms with van der Waals surface area (Å²) >= 11 is 0. The van der Waals surface area contributed by atoms with Crippen molar-refractivity contribution in [2.75, 3.05) is 11.4 Å². The number of hydrogen-bond donors (Lipinski definition) is 0. The van der Waals surface area contributed by atoms with Gasteiger partial charge in [-0.05, 0) is 37.8 Å². The summed E-state index contributed by atoms with van der Waals surface area (Å²) in [6, 6.07) is 6.42.